The minimum atomic E-state index is -3.63. The number of carbonyl (C=O) groups is 1. The number of ketones is 1. The molecule has 174 valence electrons. The third-order valence-corrected chi connectivity index (χ3v) is 9.07. The molecule has 2 fully saturated rings. The summed E-state index contributed by atoms with van der Waals surface area (Å²) in [5.41, 5.74) is 2.98. The average Bonchev–Trinajstić information content (AvgIpc) is 2.85. The molecular weight excluding hydrogens is 436 g/mol. The molecule has 5 rings (SSSR count). The third-order valence-electron chi connectivity index (χ3n) is 7.21. The Morgan fingerprint density at radius 1 is 0.909 bits per heavy atom. The molecule has 1 unspecified atom stereocenters. The van der Waals surface area contributed by atoms with E-state index >= 15 is 0 Å². The number of allylic oxidation sites excluding steroid dienone is 1. The first-order valence-corrected chi connectivity index (χ1v) is 13.1. The Balaban J connectivity index is 1.40. The number of piperidine rings is 1. The van der Waals surface area contributed by atoms with Gasteiger partial charge in [-0.15, -0.1) is 0 Å². The van der Waals surface area contributed by atoms with Gasteiger partial charge in [0.25, 0.3) is 0 Å². The van der Waals surface area contributed by atoms with Crippen LogP contribution in [0.5, 0.6) is 0 Å². The lowest BCUT2D eigenvalue weighted by molar-refractivity contribution is -0.116. The van der Waals surface area contributed by atoms with Gasteiger partial charge in [0.2, 0.25) is 10.0 Å². The Kier molecular flexibility index (Phi) is 6.12. The highest BCUT2D eigenvalue weighted by Crippen LogP contribution is 2.46. The van der Waals surface area contributed by atoms with Crippen LogP contribution in [0, 0.1) is 5.41 Å². The van der Waals surface area contributed by atoms with Gasteiger partial charge >= 0.3 is 0 Å². The molecule has 0 spiro atoms. The molecule has 2 aromatic carbocycles. The number of benzene rings is 2. The molecule has 2 saturated heterocycles. The minimum absolute atomic E-state index is 0.156. The zero-order chi connectivity index (χ0) is 22.9. The number of sulfonamides is 1. The van der Waals surface area contributed by atoms with Crippen LogP contribution in [0.3, 0.4) is 0 Å². The van der Waals surface area contributed by atoms with Crippen LogP contribution < -0.4 is 4.90 Å². The first kappa shape index (κ1) is 22.3. The second kappa shape index (κ2) is 9.05. The summed E-state index contributed by atoms with van der Waals surface area (Å²) in [5, 5.41) is 0. The Morgan fingerprint density at radius 2 is 1.64 bits per heavy atom. The fraction of sp³-hybridized carbons (Fsp3) is 0.423. The molecule has 0 aromatic heterocycles. The van der Waals surface area contributed by atoms with Gasteiger partial charge in [0.1, 0.15) is 0 Å². The van der Waals surface area contributed by atoms with Crippen molar-refractivity contribution in [2.75, 3.05) is 44.3 Å². The number of carbonyl (C=O) groups excluding carboxylic acids is 1. The van der Waals surface area contributed by atoms with Gasteiger partial charge in [-0.05, 0) is 55.2 Å². The molecule has 2 aliphatic heterocycles. The van der Waals surface area contributed by atoms with E-state index < -0.39 is 10.0 Å². The Labute approximate surface area is 195 Å². The van der Waals surface area contributed by atoms with Crippen molar-refractivity contribution < 1.29 is 17.9 Å². The highest BCUT2D eigenvalue weighted by molar-refractivity contribution is 7.89. The fourth-order valence-corrected chi connectivity index (χ4v) is 6.90. The molecular formula is C26H30N2O4S. The second-order valence-electron chi connectivity index (χ2n) is 9.26. The smallest absolute Gasteiger partial charge is 0.243 e. The van der Waals surface area contributed by atoms with E-state index in [1.54, 1.807) is 22.5 Å². The van der Waals surface area contributed by atoms with Crippen LogP contribution in [-0.4, -0.2) is 57.9 Å². The molecule has 7 heteroatoms. The van der Waals surface area contributed by atoms with Gasteiger partial charge in [-0.25, -0.2) is 8.42 Å². The lowest BCUT2D eigenvalue weighted by atomic mass is 9.66. The molecule has 3 aliphatic rings. The van der Waals surface area contributed by atoms with E-state index in [0.29, 0.717) is 50.5 Å². The Hall–Kier alpha value is -2.48. The minimum Gasteiger partial charge on any atom is -0.378 e. The van der Waals surface area contributed by atoms with Crippen molar-refractivity contribution in [3.8, 4) is 0 Å². The number of morpholine rings is 1. The van der Waals surface area contributed by atoms with E-state index in [9.17, 15) is 13.2 Å². The maximum absolute atomic E-state index is 13.6. The molecule has 0 N–H and O–H groups in total. The lowest BCUT2D eigenvalue weighted by Gasteiger charge is -2.46. The number of ether oxygens (including phenoxy) is 1. The van der Waals surface area contributed by atoms with Crippen LogP contribution in [0.1, 0.15) is 24.8 Å². The number of rotatable bonds is 5. The monoisotopic (exact) mass is 466 g/mol. The Bertz CT molecular complexity index is 1140. The maximum atomic E-state index is 13.6. The van der Waals surface area contributed by atoms with Gasteiger partial charge < -0.3 is 9.64 Å². The molecule has 1 aliphatic carbocycles. The van der Waals surface area contributed by atoms with Crippen molar-refractivity contribution in [3.63, 3.8) is 0 Å². The summed E-state index contributed by atoms with van der Waals surface area (Å²) in [6, 6.07) is 17.4. The van der Waals surface area contributed by atoms with Gasteiger partial charge in [0.05, 0.1) is 18.1 Å². The first-order chi connectivity index (χ1) is 16.0. The molecule has 33 heavy (non-hydrogen) atoms. The zero-order valence-electron chi connectivity index (χ0n) is 18.8. The summed E-state index contributed by atoms with van der Waals surface area (Å²) in [5.74, 6) is 0.156. The van der Waals surface area contributed by atoms with E-state index in [-0.39, 0.29) is 11.2 Å². The average molecular weight is 467 g/mol. The van der Waals surface area contributed by atoms with Crippen molar-refractivity contribution in [1.82, 2.24) is 4.31 Å². The zero-order valence-corrected chi connectivity index (χ0v) is 19.6. The van der Waals surface area contributed by atoms with Crippen LogP contribution in [0.15, 0.2) is 71.1 Å². The molecule has 2 aromatic rings. The summed E-state index contributed by atoms with van der Waals surface area (Å²) >= 11 is 0. The van der Waals surface area contributed by atoms with Crippen molar-refractivity contribution in [3.05, 3.63) is 71.8 Å². The van der Waals surface area contributed by atoms with Crippen LogP contribution in [0.2, 0.25) is 0 Å². The molecule has 6 nitrogen and oxygen atoms in total. The summed E-state index contributed by atoms with van der Waals surface area (Å²) in [4.78, 5) is 14.7. The largest absolute Gasteiger partial charge is 0.378 e. The second-order valence-corrected chi connectivity index (χ2v) is 11.2. The maximum Gasteiger partial charge on any atom is 0.243 e. The van der Waals surface area contributed by atoms with Crippen molar-refractivity contribution >= 4 is 21.5 Å². The van der Waals surface area contributed by atoms with Crippen LogP contribution in [0.25, 0.3) is 0 Å². The lowest BCUT2D eigenvalue weighted by Crippen LogP contribution is -2.49. The van der Waals surface area contributed by atoms with E-state index in [2.05, 4.69) is 17.0 Å². The highest BCUT2D eigenvalue weighted by Gasteiger charge is 2.45. The van der Waals surface area contributed by atoms with Gasteiger partial charge in [-0.1, -0.05) is 35.9 Å². The topological polar surface area (TPSA) is 66.9 Å². The quantitative estimate of drug-likeness (QED) is 0.675. The number of nitrogens with zero attached hydrogens (tertiary/aromatic N) is 2. The van der Waals surface area contributed by atoms with Gasteiger partial charge in [0.15, 0.2) is 5.78 Å². The van der Waals surface area contributed by atoms with Gasteiger partial charge in [-0.2, -0.15) is 4.31 Å². The number of hydrogen-bond donors (Lipinski definition) is 0. The predicted octanol–water partition coefficient (Wildman–Crippen LogP) is 3.44. The molecule has 1 atom stereocenters. The van der Waals surface area contributed by atoms with Gasteiger partial charge in [-0.3, -0.25) is 4.79 Å². The van der Waals surface area contributed by atoms with E-state index in [0.717, 1.165) is 30.8 Å². The van der Waals surface area contributed by atoms with Crippen LogP contribution >= 0.6 is 0 Å². The molecule has 2 heterocycles. The first-order valence-electron chi connectivity index (χ1n) is 11.7. The normalized spacial score (nSPS) is 24.3. The predicted molar refractivity (Wildman–Crippen MR) is 128 cm³/mol. The third kappa shape index (κ3) is 4.50. The van der Waals surface area contributed by atoms with E-state index in [1.165, 1.54) is 5.56 Å². The number of hydrogen-bond acceptors (Lipinski definition) is 5. The van der Waals surface area contributed by atoms with Crippen LogP contribution in [0.4, 0.5) is 5.69 Å². The molecule has 0 amide bonds. The van der Waals surface area contributed by atoms with Crippen molar-refractivity contribution in [2.45, 2.75) is 30.6 Å². The van der Waals surface area contributed by atoms with Crippen molar-refractivity contribution in [1.29, 1.82) is 0 Å². The van der Waals surface area contributed by atoms with Crippen LogP contribution in [-0.2, 0) is 26.0 Å². The summed E-state index contributed by atoms with van der Waals surface area (Å²) < 4.78 is 34.3. The molecule has 0 bridgehead atoms. The number of fused-ring (bicyclic) bond motifs is 1. The summed E-state index contributed by atoms with van der Waals surface area (Å²) in [6.07, 6.45) is 4.29. The summed E-state index contributed by atoms with van der Waals surface area (Å²) in [6.45, 7) is 3.82. The van der Waals surface area contributed by atoms with Crippen molar-refractivity contribution in [2.24, 2.45) is 5.41 Å². The fourth-order valence-electron chi connectivity index (χ4n) is 5.37. The van der Waals surface area contributed by atoms with E-state index in [1.807, 2.05) is 30.3 Å². The molecule has 0 radical (unpaired) electrons. The van der Waals surface area contributed by atoms with Gasteiger partial charge in [0, 0.05) is 43.7 Å². The van der Waals surface area contributed by atoms with E-state index in [4.69, 9.17) is 4.74 Å². The molecule has 0 saturated carbocycles. The summed E-state index contributed by atoms with van der Waals surface area (Å²) in [7, 11) is -3.63. The Morgan fingerprint density at radius 3 is 2.36 bits per heavy atom. The SMILES string of the molecule is O=C1C=C2CCN(S(=O)(=O)c3ccc(N4CCOCC4)cc3)CC2(Cc2ccccc2)CC1. The highest BCUT2D eigenvalue weighted by atomic mass is 32.2. The number of anilines is 1. The standard InChI is InChI=1S/C26H30N2O4S/c29-24-10-12-26(19-21-4-2-1-3-5-21)20-28(13-11-22(26)18-24)33(30,31)25-8-6-23(7-9-25)27-14-16-32-17-15-27/h1-9,18H,10-17,19-20H2.